The molecule has 0 saturated heterocycles. The van der Waals surface area contributed by atoms with Crippen molar-refractivity contribution in [2.75, 3.05) is 11.9 Å². The van der Waals surface area contributed by atoms with Crippen molar-refractivity contribution in [3.05, 3.63) is 76.4 Å². The first-order valence-corrected chi connectivity index (χ1v) is 8.00. The molecule has 134 valence electrons. The van der Waals surface area contributed by atoms with Gasteiger partial charge in [-0.15, -0.1) is 0 Å². The summed E-state index contributed by atoms with van der Waals surface area (Å²) in [5.74, 6) is 0.0182. The summed E-state index contributed by atoms with van der Waals surface area (Å²) in [5, 5.41) is 16.3. The van der Waals surface area contributed by atoms with E-state index in [0.29, 0.717) is 18.0 Å². The molecule has 0 unspecified atom stereocenters. The maximum absolute atomic E-state index is 12.2. The molecule has 0 bridgehead atoms. The molecular formula is C18H17N3O4S. The van der Waals surface area contributed by atoms with Crippen LogP contribution in [0, 0.1) is 10.1 Å². The van der Waals surface area contributed by atoms with Gasteiger partial charge in [0, 0.05) is 11.8 Å². The monoisotopic (exact) mass is 371 g/mol. The number of nitrogens with one attached hydrogen (secondary N) is 2. The molecule has 2 N–H and O–H groups in total. The predicted molar refractivity (Wildman–Crippen MR) is 104 cm³/mol. The second-order valence-corrected chi connectivity index (χ2v) is 5.86. The van der Waals surface area contributed by atoms with Crippen molar-refractivity contribution in [1.82, 2.24) is 5.32 Å². The Hall–Kier alpha value is -3.26. The van der Waals surface area contributed by atoms with E-state index in [1.807, 2.05) is 6.92 Å². The van der Waals surface area contributed by atoms with Gasteiger partial charge in [-0.05, 0) is 55.0 Å². The first kappa shape index (κ1) is 19.1. The molecule has 0 aliphatic rings. The van der Waals surface area contributed by atoms with Crippen molar-refractivity contribution in [3.63, 3.8) is 0 Å². The van der Waals surface area contributed by atoms with Gasteiger partial charge in [0.2, 0.25) is 0 Å². The molecular weight excluding hydrogens is 354 g/mol. The van der Waals surface area contributed by atoms with Crippen LogP contribution in [0.2, 0.25) is 0 Å². The number of nitrogens with zero attached hydrogens (tertiary/aromatic N) is 1. The Morgan fingerprint density at radius 3 is 2.50 bits per heavy atom. The quantitative estimate of drug-likeness (QED) is 0.348. The fourth-order valence-electron chi connectivity index (χ4n) is 2.00. The number of ether oxygens (including phenoxy) is 1. The molecule has 0 fully saturated rings. The van der Waals surface area contributed by atoms with Crippen LogP contribution in [0.3, 0.4) is 0 Å². The van der Waals surface area contributed by atoms with Crippen LogP contribution in [-0.2, 0) is 0 Å². The number of nitro benzene ring substituents is 1. The standard InChI is InChI=1S/C18H17N3O4S/c1-12(2)11-25-14-9-7-13(8-10-14)19-18(26)20-17(22)15-5-3-4-6-16(15)21(23)24/h3-10H,1,11H2,2H3,(H2,19,20,22,26). The largest absolute Gasteiger partial charge is 0.489 e. The zero-order valence-electron chi connectivity index (χ0n) is 14.0. The Morgan fingerprint density at radius 2 is 1.88 bits per heavy atom. The van der Waals surface area contributed by atoms with Crippen LogP contribution in [0.25, 0.3) is 0 Å². The van der Waals surface area contributed by atoms with Crippen molar-refractivity contribution in [3.8, 4) is 5.75 Å². The van der Waals surface area contributed by atoms with Crippen molar-refractivity contribution < 1.29 is 14.5 Å². The van der Waals surface area contributed by atoms with Crippen LogP contribution >= 0.6 is 12.2 Å². The van der Waals surface area contributed by atoms with Gasteiger partial charge in [-0.1, -0.05) is 18.7 Å². The SMILES string of the molecule is C=C(C)COc1ccc(NC(=S)NC(=O)c2ccccc2[N+](=O)[O-])cc1. The summed E-state index contributed by atoms with van der Waals surface area (Å²) >= 11 is 5.08. The highest BCUT2D eigenvalue weighted by Gasteiger charge is 2.19. The van der Waals surface area contributed by atoms with Gasteiger partial charge in [0.25, 0.3) is 11.6 Å². The number of benzene rings is 2. The lowest BCUT2D eigenvalue weighted by atomic mass is 10.1. The van der Waals surface area contributed by atoms with Gasteiger partial charge < -0.3 is 10.1 Å². The molecule has 0 aliphatic carbocycles. The number of thiocarbonyl (C=S) groups is 1. The topological polar surface area (TPSA) is 93.5 Å². The van der Waals surface area contributed by atoms with Crippen molar-refractivity contribution in [2.24, 2.45) is 0 Å². The molecule has 2 aromatic rings. The van der Waals surface area contributed by atoms with Gasteiger partial charge in [0.1, 0.15) is 17.9 Å². The minimum Gasteiger partial charge on any atom is -0.489 e. The Labute approximate surface area is 155 Å². The zero-order chi connectivity index (χ0) is 19.1. The number of hydrogen-bond acceptors (Lipinski definition) is 5. The first-order chi connectivity index (χ1) is 12.4. The Kier molecular flexibility index (Phi) is 6.40. The Morgan fingerprint density at radius 1 is 1.23 bits per heavy atom. The number of carbonyl (C=O) groups excluding carboxylic acids is 1. The maximum Gasteiger partial charge on any atom is 0.282 e. The average molecular weight is 371 g/mol. The van der Waals surface area contributed by atoms with Crippen LogP contribution in [0.15, 0.2) is 60.7 Å². The molecule has 1 amide bonds. The highest BCUT2D eigenvalue weighted by Crippen LogP contribution is 2.18. The number of amides is 1. The van der Waals surface area contributed by atoms with Gasteiger partial charge in [-0.3, -0.25) is 20.2 Å². The van der Waals surface area contributed by atoms with Crippen LogP contribution in [0.4, 0.5) is 11.4 Å². The molecule has 2 rings (SSSR count). The lowest BCUT2D eigenvalue weighted by molar-refractivity contribution is -0.385. The molecule has 0 saturated carbocycles. The predicted octanol–water partition coefficient (Wildman–Crippen LogP) is 3.68. The molecule has 0 radical (unpaired) electrons. The Balaban J connectivity index is 1.97. The molecule has 0 atom stereocenters. The van der Waals surface area contributed by atoms with Crippen molar-refractivity contribution >= 4 is 34.6 Å². The summed E-state index contributed by atoms with van der Waals surface area (Å²) in [6.07, 6.45) is 0. The molecule has 26 heavy (non-hydrogen) atoms. The number of nitro groups is 1. The lowest BCUT2D eigenvalue weighted by Crippen LogP contribution is -2.34. The van der Waals surface area contributed by atoms with Crippen LogP contribution in [0.1, 0.15) is 17.3 Å². The van der Waals surface area contributed by atoms with Gasteiger partial charge in [0.05, 0.1) is 4.92 Å². The fourth-order valence-corrected chi connectivity index (χ4v) is 2.21. The number of carbonyl (C=O) groups is 1. The van der Waals surface area contributed by atoms with Gasteiger partial charge >= 0.3 is 0 Å². The molecule has 0 aromatic heterocycles. The maximum atomic E-state index is 12.2. The molecule has 7 nitrogen and oxygen atoms in total. The summed E-state index contributed by atoms with van der Waals surface area (Å²) in [6.45, 7) is 6.06. The minimum atomic E-state index is -0.656. The van der Waals surface area contributed by atoms with Crippen LogP contribution in [-0.4, -0.2) is 22.5 Å². The van der Waals surface area contributed by atoms with Crippen molar-refractivity contribution in [1.29, 1.82) is 0 Å². The summed E-state index contributed by atoms with van der Waals surface area (Å²) in [5.41, 5.74) is 1.20. The second-order valence-electron chi connectivity index (χ2n) is 5.45. The van der Waals surface area contributed by atoms with Gasteiger partial charge in [0.15, 0.2) is 5.11 Å². The van der Waals surface area contributed by atoms with Gasteiger partial charge in [-0.2, -0.15) is 0 Å². The number of hydrogen-bond donors (Lipinski definition) is 2. The first-order valence-electron chi connectivity index (χ1n) is 7.60. The molecule has 0 heterocycles. The number of para-hydroxylation sites is 1. The van der Waals surface area contributed by atoms with Gasteiger partial charge in [-0.25, -0.2) is 0 Å². The third kappa shape index (κ3) is 5.38. The molecule has 0 spiro atoms. The molecule has 0 aliphatic heterocycles. The van der Waals surface area contributed by atoms with Crippen LogP contribution < -0.4 is 15.4 Å². The van der Waals surface area contributed by atoms with E-state index in [4.69, 9.17) is 17.0 Å². The number of anilines is 1. The summed E-state index contributed by atoms with van der Waals surface area (Å²) in [7, 11) is 0. The second kappa shape index (κ2) is 8.72. The van der Waals surface area contributed by atoms with E-state index in [1.54, 1.807) is 30.3 Å². The fraction of sp³-hybridized carbons (Fsp3) is 0.111. The van der Waals surface area contributed by atoms with E-state index in [1.165, 1.54) is 18.2 Å². The number of rotatable bonds is 6. The van der Waals surface area contributed by atoms with E-state index in [0.717, 1.165) is 5.57 Å². The summed E-state index contributed by atoms with van der Waals surface area (Å²) in [6, 6.07) is 12.6. The lowest BCUT2D eigenvalue weighted by Gasteiger charge is -2.11. The summed E-state index contributed by atoms with van der Waals surface area (Å²) in [4.78, 5) is 22.6. The molecule has 8 heteroatoms. The van der Waals surface area contributed by atoms with E-state index in [2.05, 4.69) is 17.2 Å². The smallest absolute Gasteiger partial charge is 0.282 e. The molecule has 2 aromatic carbocycles. The average Bonchev–Trinajstić information content (AvgIpc) is 2.60. The third-order valence-corrected chi connectivity index (χ3v) is 3.37. The Bertz CT molecular complexity index is 850. The normalized spacial score (nSPS) is 9.88. The van der Waals surface area contributed by atoms with E-state index in [-0.39, 0.29) is 16.4 Å². The minimum absolute atomic E-state index is 0.0313. The van der Waals surface area contributed by atoms with E-state index >= 15 is 0 Å². The highest BCUT2D eigenvalue weighted by molar-refractivity contribution is 7.80. The van der Waals surface area contributed by atoms with E-state index < -0.39 is 10.8 Å². The van der Waals surface area contributed by atoms with Crippen molar-refractivity contribution in [2.45, 2.75) is 6.92 Å². The van der Waals surface area contributed by atoms with Crippen LogP contribution in [0.5, 0.6) is 5.75 Å². The summed E-state index contributed by atoms with van der Waals surface area (Å²) < 4.78 is 5.49. The van der Waals surface area contributed by atoms with E-state index in [9.17, 15) is 14.9 Å². The highest BCUT2D eigenvalue weighted by atomic mass is 32.1. The zero-order valence-corrected chi connectivity index (χ0v) is 14.8. The third-order valence-electron chi connectivity index (χ3n) is 3.17.